The van der Waals surface area contributed by atoms with Crippen LogP contribution in [0.1, 0.15) is 0 Å². The van der Waals surface area contributed by atoms with Crippen molar-refractivity contribution in [1.82, 2.24) is 19.4 Å². The maximum Gasteiger partial charge on any atom is 0.155 e. The molecule has 0 atom stereocenters. The second-order valence-corrected chi connectivity index (χ2v) is 2.58. The van der Waals surface area contributed by atoms with E-state index in [9.17, 15) is 0 Å². The van der Waals surface area contributed by atoms with Crippen LogP contribution in [0.5, 0.6) is 0 Å². The Morgan fingerprint density at radius 2 is 2.50 bits per heavy atom. The molecule has 1 N–H and O–H groups in total. The molecule has 12 heavy (non-hydrogen) atoms. The van der Waals surface area contributed by atoms with Gasteiger partial charge in [-0.3, -0.25) is 4.40 Å². The molecule has 0 saturated carbocycles. The van der Waals surface area contributed by atoms with Crippen LogP contribution in [0.25, 0.3) is 16.7 Å². The van der Waals surface area contributed by atoms with Gasteiger partial charge in [0.05, 0.1) is 23.6 Å². The second-order valence-electron chi connectivity index (χ2n) is 2.58. The number of imidazole rings is 1. The van der Waals surface area contributed by atoms with Gasteiger partial charge in [0.15, 0.2) is 5.65 Å². The molecule has 1 radical (unpaired) electrons. The highest BCUT2D eigenvalue weighted by atomic mass is 15.0. The monoisotopic (exact) mass is 157 g/mol. The normalized spacial score (nSPS) is 11.3. The third-order valence-electron chi connectivity index (χ3n) is 1.88. The zero-order valence-corrected chi connectivity index (χ0v) is 6.15. The molecule has 3 heterocycles. The number of nitrogens with one attached hydrogen (secondary N) is 1. The van der Waals surface area contributed by atoms with Gasteiger partial charge < -0.3 is 4.98 Å². The zero-order chi connectivity index (χ0) is 7.97. The highest BCUT2D eigenvalue weighted by molar-refractivity contribution is 5.74. The van der Waals surface area contributed by atoms with E-state index >= 15 is 0 Å². The van der Waals surface area contributed by atoms with Gasteiger partial charge in [-0.05, 0) is 6.07 Å². The summed E-state index contributed by atoms with van der Waals surface area (Å²) in [6, 6.07) is 1.96. The first kappa shape index (κ1) is 5.77. The van der Waals surface area contributed by atoms with Crippen molar-refractivity contribution in [1.29, 1.82) is 0 Å². The zero-order valence-electron chi connectivity index (χ0n) is 6.15. The number of aromatic amines is 1. The summed E-state index contributed by atoms with van der Waals surface area (Å²) in [7, 11) is 0. The van der Waals surface area contributed by atoms with Crippen LogP contribution in [0.3, 0.4) is 0 Å². The van der Waals surface area contributed by atoms with Crippen molar-refractivity contribution in [3.05, 3.63) is 31.0 Å². The Hall–Kier alpha value is -1.84. The first-order valence-corrected chi connectivity index (χ1v) is 3.62. The number of H-pyrrole nitrogens is 1. The third-order valence-corrected chi connectivity index (χ3v) is 1.88. The van der Waals surface area contributed by atoms with Crippen LogP contribution in [-0.4, -0.2) is 19.4 Å². The highest BCUT2D eigenvalue weighted by Gasteiger charge is 2.00. The SMILES string of the molecule is [c]1nc2[nH]ccc2n2cncc12. The largest absolute Gasteiger partial charge is 0.345 e. The van der Waals surface area contributed by atoms with Gasteiger partial charge in [0, 0.05) is 6.20 Å². The molecule has 4 heteroatoms. The molecule has 0 spiro atoms. The molecule has 3 aromatic heterocycles. The van der Waals surface area contributed by atoms with Crippen molar-refractivity contribution in [2.24, 2.45) is 0 Å². The third kappa shape index (κ3) is 0.567. The van der Waals surface area contributed by atoms with Crippen molar-refractivity contribution in [3.63, 3.8) is 0 Å². The fraction of sp³-hybridized carbons (Fsp3) is 0. The average Bonchev–Trinajstić information content (AvgIpc) is 2.71. The lowest BCUT2D eigenvalue weighted by Gasteiger charge is -1.92. The number of fused-ring (bicyclic) bond motifs is 3. The Bertz CT molecular complexity index is 484. The summed E-state index contributed by atoms with van der Waals surface area (Å²) >= 11 is 0. The van der Waals surface area contributed by atoms with Crippen LogP contribution < -0.4 is 0 Å². The standard InChI is InChI=1S/C8H5N4/c1-2-10-8-7(1)12-5-9-3-6(12)4-11-8/h1-3,5,10H. The summed E-state index contributed by atoms with van der Waals surface area (Å²) in [6.07, 6.45) is 8.22. The van der Waals surface area contributed by atoms with Crippen molar-refractivity contribution < 1.29 is 0 Å². The van der Waals surface area contributed by atoms with E-state index in [0.29, 0.717) is 0 Å². The molecule has 0 amide bonds. The highest BCUT2D eigenvalue weighted by Crippen LogP contribution is 2.10. The lowest BCUT2D eigenvalue weighted by molar-refractivity contribution is 1.18. The van der Waals surface area contributed by atoms with E-state index < -0.39 is 0 Å². The number of hydrogen-bond acceptors (Lipinski definition) is 2. The number of rotatable bonds is 0. The summed E-state index contributed by atoms with van der Waals surface area (Å²) in [4.78, 5) is 11.1. The molecule has 3 aromatic rings. The van der Waals surface area contributed by atoms with E-state index in [2.05, 4.69) is 21.1 Å². The summed E-state index contributed by atoms with van der Waals surface area (Å²) in [5, 5.41) is 0. The minimum atomic E-state index is 0.834. The van der Waals surface area contributed by atoms with Gasteiger partial charge in [0.2, 0.25) is 0 Å². The molecule has 0 fully saturated rings. The van der Waals surface area contributed by atoms with Gasteiger partial charge >= 0.3 is 0 Å². The van der Waals surface area contributed by atoms with Crippen LogP contribution in [0.2, 0.25) is 0 Å². The Balaban J connectivity index is 2.71. The molecule has 0 aliphatic rings. The predicted molar refractivity (Wildman–Crippen MR) is 43.7 cm³/mol. The van der Waals surface area contributed by atoms with Crippen LogP contribution in [0.4, 0.5) is 0 Å². The molecule has 0 bridgehead atoms. The van der Waals surface area contributed by atoms with Crippen LogP contribution in [-0.2, 0) is 0 Å². The van der Waals surface area contributed by atoms with Crippen molar-refractivity contribution in [3.8, 4) is 0 Å². The second kappa shape index (κ2) is 1.85. The summed E-state index contributed by atoms with van der Waals surface area (Å²) < 4.78 is 1.94. The van der Waals surface area contributed by atoms with Crippen molar-refractivity contribution in [2.75, 3.05) is 0 Å². The fourth-order valence-electron chi connectivity index (χ4n) is 1.32. The van der Waals surface area contributed by atoms with Gasteiger partial charge in [-0.1, -0.05) is 0 Å². The van der Waals surface area contributed by atoms with Gasteiger partial charge in [-0.2, -0.15) is 0 Å². The first-order valence-electron chi connectivity index (χ1n) is 3.62. The topological polar surface area (TPSA) is 46.0 Å². The van der Waals surface area contributed by atoms with E-state index in [0.717, 1.165) is 16.7 Å². The van der Waals surface area contributed by atoms with Gasteiger partial charge in [-0.25, -0.2) is 9.97 Å². The van der Waals surface area contributed by atoms with Gasteiger partial charge in [0.1, 0.15) is 6.20 Å². The Morgan fingerprint density at radius 1 is 1.50 bits per heavy atom. The lowest BCUT2D eigenvalue weighted by Crippen LogP contribution is -1.86. The maximum absolute atomic E-state index is 4.10. The van der Waals surface area contributed by atoms with E-state index in [-0.39, 0.29) is 0 Å². The first-order chi connectivity index (χ1) is 5.95. The molecule has 0 aliphatic heterocycles. The molecule has 57 valence electrons. The maximum atomic E-state index is 4.10. The summed E-state index contributed by atoms with van der Waals surface area (Å²) in [5.41, 5.74) is 2.75. The van der Waals surface area contributed by atoms with E-state index in [1.165, 1.54) is 0 Å². The van der Waals surface area contributed by atoms with Gasteiger partial charge in [0.25, 0.3) is 0 Å². The minimum Gasteiger partial charge on any atom is -0.345 e. The predicted octanol–water partition coefficient (Wildman–Crippen LogP) is 1.01. The fourth-order valence-corrected chi connectivity index (χ4v) is 1.32. The molecule has 0 aliphatic carbocycles. The van der Waals surface area contributed by atoms with Gasteiger partial charge in [-0.15, -0.1) is 0 Å². The molecule has 4 nitrogen and oxygen atoms in total. The molecular weight excluding hydrogens is 152 g/mol. The van der Waals surface area contributed by atoms with Crippen LogP contribution >= 0.6 is 0 Å². The Kier molecular flexibility index (Phi) is 0.889. The molecular formula is C8H5N4. The molecule has 3 rings (SSSR count). The minimum absolute atomic E-state index is 0.834. The number of nitrogens with zero attached hydrogens (tertiary/aromatic N) is 3. The Morgan fingerprint density at radius 3 is 3.50 bits per heavy atom. The van der Waals surface area contributed by atoms with Crippen LogP contribution in [0, 0.1) is 6.20 Å². The summed E-state index contributed by atoms with van der Waals surface area (Å²) in [6.45, 7) is 0. The quantitative estimate of drug-likeness (QED) is 0.529. The lowest BCUT2D eigenvalue weighted by atomic mass is 10.5. The van der Waals surface area contributed by atoms with Crippen molar-refractivity contribution >= 4 is 16.7 Å². The molecule has 0 unspecified atom stereocenters. The van der Waals surface area contributed by atoms with E-state index in [1.807, 2.05) is 16.7 Å². The number of aromatic nitrogens is 4. The van der Waals surface area contributed by atoms with Crippen LogP contribution in [0.15, 0.2) is 24.8 Å². The average molecular weight is 157 g/mol. The number of hydrogen-bond donors (Lipinski definition) is 1. The Labute approximate surface area is 67.9 Å². The van der Waals surface area contributed by atoms with E-state index in [4.69, 9.17) is 0 Å². The van der Waals surface area contributed by atoms with E-state index in [1.54, 1.807) is 12.5 Å². The smallest absolute Gasteiger partial charge is 0.155 e. The molecule has 0 saturated heterocycles. The van der Waals surface area contributed by atoms with Crippen molar-refractivity contribution in [2.45, 2.75) is 0 Å². The molecule has 0 aromatic carbocycles. The summed E-state index contributed by atoms with van der Waals surface area (Å²) in [5.74, 6) is 0.